The molecule has 0 aliphatic carbocycles. The standard InChI is InChI=1S/C16H25BrN2O/c1-11(2)8-14(19(4)5)10-18-16(20)15-9-13(17)7-6-12(15)3/h6-7,9,11,14H,8,10H2,1-5H3,(H,18,20). The summed E-state index contributed by atoms with van der Waals surface area (Å²) < 4.78 is 0.930. The number of carbonyl (C=O) groups excluding carboxylic acids is 1. The Labute approximate surface area is 130 Å². The molecular weight excluding hydrogens is 316 g/mol. The fourth-order valence-electron chi connectivity index (χ4n) is 2.17. The van der Waals surface area contributed by atoms with Crippen molar-refractivity contribution in [3.05, 3.63) is 33.8 Å². The van der Waals surface area contributed by atoms with E-state index in [2.05, 4.69) is 54.1 Å². The first-order chi connectivity index (χ1) is 9.31. The minimum absolute atomic E-state index is 0.000550. The lowest BCUT2D eigenvalue weighted by atomic mass is 10.0. The second-order valence-electron chi connectivity index (χ2n) is 5.92. The number of carbonyl (C=O) groups is 1. The Morgan fingerprint density at radius 3 is 2.55 bits per heavy atom. The molecular formula is C16H25BrN2O. The number of likely N-dealkylation sites (N-methyl/N-ethyl adjacent to an activating group) is 1. The summed E-state index contributed by atoms with van der Waals surface area (Å²) in [6, 6.07) is 6.15. The van der Waals surface area contributed by atoms with Crippen LogP contribution in [0.1, 0.15) is 36.2 Å². The Bertz CT molecular complexity index is 458. The summed E-state index contributed by atoms with van der Waals surface area (Å²) in [5.41, 5.74) is 1.73. The van der Waals surface area contributed by atoms with Gasteiger partial charge in [0.25, 0.3) is 5.91 Å². The van der Waals surface area contributed by atoms with Crippen LogP contribution < -0.4 is 5.32 Å². The lowest BCUT2D eigenvalue weighted by Crippen LogP contribution is -2.41. The van der Waals surface area contributed by atoms with Crippen LogP contribution in [0.5, 0.6) is 0 Å². The monoisotopic (exact) mass is 340 g/mol. The number of aryl methyl sites for hydroxylation is 1. The predicted octanol–water partition coefficient (Wildman–Crippen LogP) is 3.46. The SMILES string of the molecule is Cc1ccc(Br)cc1C(=O)NCC(CC(C)C)N(C)C. The molecule has 0 saturated heterocycles. The van der Waals surface area contributed by atoms with Crippen LogP contribution in [0.25, 0.3) is 0 Å². The summed E-state index contributed by atoms with van der Waals surface area (Å²) in [4.78, 5) is 14.5. The van der Waals surface area contributed by atoms with E-state index < -0.39 is 0 Å². The maximum Gasteiger partial charge on any atom is 0.251 e. The molecule has 1 unspecified atom stereocenters. The molecule has 1 amide bonds. The molecule has 1 rings (SSSR count). The fourth-order valence-corrected chi connectivity index (χ4v) is 2.53. The maximum absolute atomic E-state index is 12.3. The summed E-state index contributed by atoms with van der Waals surface area (Å²) in [7, 11) is 4.12. The third kappa shape index (κ3) is 5.25. The van der Waals surface area contributed by atoms with Gasteiger partial charge in [-0.05, 0) is 51.1 Å². The van der Waals surface area contributed by atoms with Crippen molar-refractivity contribution in [2.24, 2.45) is 5.92 Å². The summed E-state index contributed by atoms with van der Waals surface area (Å²) in [6.45, 7) is 7.04. The quantitative estimate of drug-likeness (QED) is 0.859. The van der Waals surface area contributed by atoms with E-state index in [1.165, 1.54) is 0 Å². The number of nitrogens with one attached hydrogen (secondary N) is 1. The molecule has 0 aliphatic rings. The number of benzene rings is 1. The molecule has 0 bridgehead atoms. The summed E-state index contributed by atoms with van der Waals surface area (Å²) in [5, 5.41) is 3.05. The molecule has 1 aromatic rings. The lowest BCUT2D eigenvalue weighted by Gasteiger charge is -2.26. The Balaban J connectivity index is 2.68. The zero-order chi connectivity index (χ0) is 15.3. The highest BCUT2D eigenvalue weighted by molar-refractivity contribution is 9.10. The number of amides is 1. The van der Waals surface area contributed by atoms with Gasteiger partial charge in [-0.2, -0.15) is 0 Å². The van der Waals surface area contributed by atoms with Crippen LogP contribution in [0.4, 0.5) is 0 Å². The van der Waals surface area contributed by atoms with E-state index in [0.29, 0.717) is 18.5 Å². The summed E-state index contributed by atoms with van der Waals surface area (Å²) >= 11 is 3.41. The topological polar surface area (TPSA) is 32.3 Å². The zero-order valence-corrected chi connectivity index (χ0v) is 14.6. The number of hydrogen-bond donors (Lipinski definition) is 1. The number of rotatable bonds is 6. The molecule has 0 spiro atoms. The van der Waals surface area contributed by atoms with E-state index in [0.717, 1.165) is 22.0 Å². The van der Waals surface area contributed by atoms with Crippen molar-refractivity contribution in [3.8, 4) is 0 Å². The highest BCUT2D eigenvalue weighted by Crippen LogP contribution is 2.16. The second-order valence-corrected chi connectivity index (χ2v) is 6.83. The highest BCUT2D eigenvalue weighted by atomic mass is 79.9. The van der Waals surface area contributed by atoms with Gasteiger partial charge >= 0.3 is 0 Å². The van der Waals surface area contributed by atoms with E-state index in [9.17, 15) is 4.79 Å². The molecule has 4 heteroatoms. The van der Waals surface area contributed by atoms with Crippen LogP contribution in [-0.4, -0.2) is 37.5 Å². The third-order valence-electron chi connectivity index (χ3n) is 3.42. The first-order valence-corrected chi connectivity index (χ1v) is 7.81. The Hall–Kier alpha value is -0.870. The lowest BCUT2D eigenvalue weighted by molar-refractivity contribution is 0.0938. The zero-order valence-electron chi connectivity index (χ0n) is 13.0. The molecule has 1 aromatic carbocycles. The molecule has 0 fully saturated rings. The molecule has 1 N–H and O–H groups in total. The van der Waals surface area contributed by atoms with Gasteiger partial charge in [-0.3, -0.25) is 4.79 Å². The van der Waals surface area contributed by atoms with Gasteiger partial charge in [0, 0.05) is 22.6 Å². The fraction of sp³-hybridized carbons (Fsp3) is 0.562. The van der Waals surface area contributed by atoms with E-state index in [1.807, 2.05) is 25.1 Å². The summed E-state index contributed by atoms with van der Waals surface area (Å²) in [6.07, 6.45) is 1.07. The Morgan fingerprint density at radius 2 is 2.00 bits per heavy atom. The van der Waals surface area contributed by atoms with Gasteiger partial charge in [0.05, 0.1) is 0 Å². The van der Waals surface area contributed by atoms with Crippen LogP contribution in [0.3, 0.4) is 0 Å². The minimum atomic E-state index is -0.000550. The highest BCUT2D eigenvalue weighted by Gasteiger charge is 2.16. The molecule has 0 radical (unpaired) electrons. The van der Waals surface area contributed by atoms with Crippen LogP contribution in [0.15, 0.2) is 22.7 Å². The van der Waals surface area contributed by atoms with E-state index in [4.69, 9.17) is 0 Å². The Kier molecular flexibility index (Phi) is 6.69. The van der Waals surface area contributed by atoms with E-state index in [1.54, 1.807) is 0 Å². The van der Waals surface area contributed by atoms with Crippen molar-refractivity contribution in [1.29, 1.82) is 0 Å². The van der Waals surface area contributed by atoms with Gasteiger partial charge in [-0.1, -0.05) is 35.8 Å². The average Bonchev–Trinajstić information content (AvgIpc) is 2.36. The van der Waals surface area contributed by atoms with Crippen LogP contribution in [0, 0.1) is 12.8 Å². The van der Waals surface area contributed by atoms with Gasteiger partial charge in [-0.25, -0.2) is 0 Å². The van der Waals surface area contributed by atoms with Gasteiger partial charge in [-0.15, -0.1) is 0 Å². The van der Waals surface area contributed by atoms with Crippen LogP contribution >= 0.6 is 15.9 Å². The third-order valence-corrected chi connectivity index (χ3v) is 3.91. The number of halogens is 1. The molecule has 0 saturated carbocycles. The van der Waals surface area contributed by atoms with Crippen LogP contribution in [0.2, 0.25) is 0 Å². The maximum atomic E-state index is 12.3. The first kappa shape index (κ1) is 17.2. The van der Waals surface area contributed by atoms with Crippen molar-refractivity contribution in [1.82, 2.24) is 10.2 Å². The Morgan fingerprint density at radius 1 is 1.35 bits per heavy atom. The average molecular weight is 341 g/mol. The van der Waals surface area contributed by atoms with Crippen molar-refractivity contribution < 1.29 is 4.79 Å². The van der Waals surface area contributed by atoms with Crippen molar-refractivity contribution in [2.75, 3.05) is 20.6 Å². The first-order valence-electron chi connectivity index (χ1n) is 7.02. The molecule has 0 aromatic heterocycles. The molecule has 112 valence electrons. The molecule has 0 aliphatic heterocycles. The minimum Gasteiger partial charge on any atom is -0.350 e. The van der Waals surface area contributed by atoms with Crippen LogP contribution in [-0.2, 0) is 0 Å². The number of hydrogen-bond acceptors (Lipinski definition) is 2. The van der Waals surface area contributed by atoms with Crippen molar-refractivity contribution >= 4 is 21.8 Å². The predicted molar refractivity (Wildman–Crippen MR) is 88.1 cm³/mol. The molecule has 3 nitrogen and oxygen atoms in total. The largest absolute Gasteiger partial charge is 0.350 e. The summed E-state index contributed by atoms with van der Waals surface area (Å²) in [5.74, 6) is 0.617. The normalized spacial score (nSPS) is 12.8. The van der Waals surface area contributed by atoms with Gasteiger partial charge in [0.1, 0.15) is 0 Å². The molecule has 20 heavy (non-hydrogen) atoms. The second kappa shape index (κ2) is 7.79. The van der Waals surface area contributed by atoms with Gasteiger partial charge < -0.3 is 10.2 Å². The van der Waals surface area contributed by atoms with Gasteiger partial charge in [0.15, 0.2) is 0 Å². The molecule has 0 heterocycles. The van der Waals surface area contributed by atoms with E-state index in [-0.39, 0.29) is 5.91 Å². The molecule has 1 atom stereocenters. The van der Waals surface area contributed by atoms with Gasteiger partial charge in [0.2, 0.25) is 0 Å². The smallest absolute Gasteiger partial charge is 0.251 e. The van der Waals surface area contributed by atoms with Crippen molar-refractivity contribution in [2.45, 2.75) is 33.2 Å². The van der Waals surface area contributed by atoms with Crippen molar-refractivity contribution in [3.63, 3.8) is 0 Å². The number of nitrogens with zero attached hydrogens (tertiary/aromatic N) is 1. The van der Waals surface area contributed by atoms with E-state index >= 15 is 0 Å².